The molecule has 0 radical (unpaired) electrons. The molecule has 24 heavy (non-hydrogen) atoms. The van der Waals surface area contributed by atoms with Crippen LogP contribution in [-0.2, 0) is 19.5 Å². The number of hydrogen-bond donors (Lipinski definition) is 0. The second kappa shape index (κ2) is 8.02. The molecule has 0 aliphatic carbocycles. The Labute approximate surface area is 150 Å². The largest absolute Gasteiger partial charge is 0.332 e. The predicted octanol–water partition coefficient (Wildman–Crippen LogP) is 4.40. The second-order valence-electron chi connectivity index (χ2n) is 5.59. The highest BCUT2D eigenvalue weighted by molar-refractivity contribution is 9.10. The number of hydrogen-bond acceptors (Lipinski definition) is 4. The lowest BCUT2D eigenvalue weighted by molar-refractivity contribution is 0.760. The van der Waals surface area contributed by atoms with E-state index in [0.29, 0.717) is 12.5 Å². The van der Waals surface area contributed by atoms with E-state index in [-0.39, 0.29) is 0 Å². The highest BCUT2D eigenvalue weighted by Gasteiger charge is 2.11. The van der Waals surface area contributed by atoms with Crippen molar-refractivity contribution in [2.45, 2.75) is 26.4 Å². The first-order chi connectivity index (χ1) is 11.7. The normalized spacial score (nSPS) is 10.6. The van der Waals surface area contributed by atoms with Crippen LogP contribution in [0.1, 0.15) is 23.6 Å². The lowest BCUT2D eigenvalue weighted by atomic mass is 10.1. The van der Waals surface area contributed by atoms with Gasteiger partial charge in [0.15, 0.2) is 0 Å². The summed E-state index contributed by atoms with van der Waals surface area (Å²) in [5.74, 6) is 0.710. The van der Waals surface area contributed by atoms with Gasteiger partial charge in [0.2, 0.25) is 5.95 Å². The fraction of sp³-hybridized carbons (Fsp3) is 0.211. The van der Waals surface area contributed by atoms with Crippen LogP contribution in [-0.4, -0.2) is 15.0 Å². The van der Waals surface area contributed by atoms with Crippen LogP contribution in [0.2, 0.25) is 0 Å². The third-order valence-corrected chi connectivity index (χ3v) is 4.20. The van der Waals surface area contributed by atoms with Gasteiger partial charge in [0.1, 0.15) is 0 Å². The lowest BCUT2D eigenvalue weighted by Gasteiger charge is -2.23. The minimum Gasteiger partial charge on any atom is -0.332 e. The molecule has 0 unspecified atom stereocenters. The maximum absolute atomic E-state index is 4.45. The van der Waals surface area contributed by atoms with E-state index in [9.17, 15) is 0 Å². The first kappa shape index (κ1) is 16.6. The van der Waals surface area contributed by atoms with Crippen molar-refractivity contribution < 1.29 is 0 Å². The van der Waals surface area contributed by atoms with E-state index in [1.54, 1.807) is 18.6 Å². The first-order valence-corrected chi connectivity index (χ1v) is 8.73. The third kappa shape index (κ3) is 4.38. The molecule has 0 amide bonds. The minimum atomic E-state index is 0.710. The Bertz CT molecular complexity index is 758. The smallest absolute Gasteiger partial charge is 0.225 e. The van der Waals surface area contributed by atoms with Crippen LogP contribution >= 0.6 is 15.9 Å². The Morgan fingerprint density at radius 2 is 1.54 bits per heavy atom. The van der Waals surface area contributed by atoms with Crippen molar-refractivity contribution in [1.82, 2.24) is 15.0 Å². The quantitative estimate of drug-likeness (QED) is 0.633. The van der Waals surface area contributed by atoms with E-state index in [1.807, 2.05) is 12.3 Å². The van der Waals surface area contributed by atoms with Crippen LogP contribution in [0.3, 0.4) is 0 Å². The zero-order valence-electron chi connectivity index (χ0n) is 13.6. The van der Waals surface area contributed by atoms with Crippen molar-refractivity contribution in [3.8, 4) is 0 Å². The summed E-state index contributed by atoms with van der Waals surface area (Å²) in [4.78, 5) is 15.3. The molecule has 1 aromatic carbocycles. The Balaban J connectivity index is 1.84. The van der Waals surface area contributed by atoms with Gasteiger partial charge in [-0.3, -0.25) is 4.98 Å². The van der Waals surface area contributed by atoms with Crippen LogP contribution in [0.25, 0.3) is 0 Å². The standard InChI is InChI=1S/C19H19BrN4/c1-2-15-5-7-16(8-6-15)13-24(14-17-4-3-9-21-10-17)19-22-11-18(20)12-23-19/h3-12H,2,13-14H2,1H3. The number of nitrogens with zero attached hydrogens (tertiary/aromatic N) is 4. The molecule has 2 aromatic heterocycles. The van der Waals surface area contributed by atoms with Gasteiger partial charge in [-0.1, -0.05) is 37.3 Å². The first-order valence-electron chi connectivity index (χ1n) is 7.94. The molecule has 4 nitrogen and oxygen atoms in total. The summed E-state index contributed by atoms with van der Waals surface area (Å²) in [5, 5.41) is 0. The lowest BCUT2D eigenvalue weighted by Crippen LogP contribution is -2.24. The van der Waals surface area contributed by atoms with E-state index in [4.69, 9.17) is 0 Å². The molecule has 0 spiro atoms. The second-order valence-corrected chi connectivity index (χ2v) is 6.50. The third-order valence-electron chi connectivity index (χ3n) is 3.79. The monoisotopic (exact) mass is 382 g/mol. The molecule has 0 bridgehead atoms. The Kier molecular flexibility index (Phi) is 5.54. The average molecular weight is 383 g/mol. The molecule has 5 heteroatoms. The maximum Gasteiger partial charge on any atom is 0.225 e. The number of rotatable bonds is 6. The molecule has 2 heterocycles. The SMILES string of the molecule is CCc1ccc(CN(Cc2cccnc2)c2ncc(Br)cn2)cc1. The van der Waals surface area contributed by atoms with E-state index < -0.39 is 0 Å². The van der Waals surface area contributed by atoms with Crippen molar-refractivity contribution in [3.63, 3.8) is 0 Å². The fourth-order valence-corrected chi connectivity index (χ4v) is 2.68. The van der Waals surface area contributed by atoms with Gasteiger partial charge in [0.05, 0.1) is 4.47 Å². The van der Waals surface area contributed by atoms with Crippen LogP contribution in [0, 0.1) is 0 Å². The van der Waals surface area contributed by atoms with Gasteiger partial charge in [0.25, 0.3) is 0 Å². The summed E-state index contributed by atoms with van der Waals surface area (Å²) in [6, 6.07) is 12.7. The highest BCUT2D eigenvalue weighted by Crippen LogP contribution is 2.17. The summed E-state index contributed by atoms with van der Waals surface area (Å²) in [6.07, 6.45) is 8.27. The van der Waals surface area contributed by atoms with Crippen molar-refractivity contribution in [1.29, 1.82) is 0 Å². The summed E-state index contributed by atoms with van der Waals surface area (Å²) >= 11 is 3.39. The maximum atomic E-state index is 4.45. The molecule has 0 saturated heterocycles. The Hall–Kier alpha value is -2.27. The summed E-state index contributed by atoms with van der Waals surface area (Å²) in [7, 11) is 0. The molecule has 0 N–H and O–H groups in total. The molecule has 122 valence electrons. The van der Waals surface area contributed by atoms with Gasteiger partial charge >= 0.3 is 0 Å². The highest BCUT2D eigenvalue weighted by atomic mass is 79.9. The van der Waals surface area contributed by atoms with Crippen molar-refractivity contribution in [3.05, 3.63) is 82.3 Å². The van der Waals surface area contributed by atoms with Gasteiger partial charge in [-0.05, 0) is 45.1 Å². The van der Waals surface area contributed by atoms with Gasteiger partial charge in [-0.15, -0.1) is 0 Å². The van der Waals surface area contributed by atoms with Crippen molar-refractivity contribution in [2.24, 2.45) is 0 Å². The van der Waals surface area contributed by atoms with E-state index >= 15 is 0 Å². The molecule has 0 atom stereocenters. The Morgan fingerprint density at radius 3 is 2.17 bits per heavy atom. The van der Waals surface area contributed by atoms with Crippen LogP contribution in [0.4, 0.5) is 5.95 Å². The summed E-state index contributed by atoms with van der Waals surface area (Å²) < 4.78 is 0.875. The zero-order valence-corrected chi connectivity index (χ0v) is 15.1. The van der Waals surface area contributed by atoms with Crippen LogP contribution in [0.15, 0.2) is 65.7 Å². The van der Waals surface area contributed by atoms with Gasteiger partial charge in [0, 0.05) is 37.9 Å². The molecule has 0 aliphatic rings. The van der Waals surface area contributed by atoms with Crippen molar-refractivity contribution in [2.75, 3.05) is 4.90 Å². The number of aryl methyl sites for hydroxylation is 1. The van der Waals surface area contributed by atoms with E-state index in [0.717, 1.165) is 23.0 Å². The predicted molar refractivity (Wildman–Crippen MR) is 99.7 cm³/mol. The molecule has 3 rings (SSSR count). The number of pyridine rings is 1. The van der Waals surface area contributed by atoms with Crippen LogP contribution in [0.5, 0.6) is 0 Å². The molecule has 0 saturated carbocycles. The summed E-state index contributed by atoms with van der Waals surface area (Å²) in [6.45, 7) is 3.63. The number of benzene rings is 1. The van der Waals surface area contributed by atoms with E-state index in [1.165, 1.54) is 11.1 Å². The molecule has 3 aromatic rings. The topological polar surface area (TPSA) is 41.9 Å². The number of anilines is 1. The van der Waals surface area contributed by atoms with Gasteiger partial charge < -0.3 is 4.90 Å². The average Bonchev–Trinajstić information content (AvgIpc) is 2.63. The van der Waals surface area contributed by atoms with Crippen LogP contribution < -0.4 is 4.90 Å². The molecular formula is C19H19BrN4. The fourth-order valence-electron chi connectivity index (χ4n) is 2.48. The number of aromatic nitrogens is 3. The van der Waals surface area contributed by atoms with E-state index in [2.05, 4.69) is 73.0 Å². The number of halogens is 1. The Morgan fingerprint density at radius 1 is 0.875 bits per heavy atom. The molecular weight excluding hydrogens is 364 g/mol. The van der Waals surface area contributed by atoms with Crippen molar-refractivity contribution >= 4 is 21.9 Å². The molecule has 0 aliphatic heterocycles. The zero-order chi connectivity index (χ0) is 16.8. The molecule has 0 fully saturated rings. The minimum absolute atomic E-state index is 0.710. The summed E-state index contributed by atoms with van der Waals surface area (Å²) in [5.41, 5.74) is 3.72. The van der Waals surface area contributed by atoms with Gasteiger partial charge in [-0.2, -0.15) is 0 Å². The van der Waals surface area contributed by atoms with Gasteiger partial charge in [-0.25, -0.2) is 9.97 Å².